The number of H-pyrrole nitrogens is 2. The Bertz CT molecular complexity index is 587. The van der Waals surface area contributed by atoms with Crippen molar-refractivity contribution in [3.05, 3.63) is 83.4 Å². The van der Waals surface area contributed by atoms with E-state index in [9.17, 15) is 0 Å². The zero-order valence-electron chi connectivity index (χ0n) is 11.1. The Morgan fingerprint density at radius 3 is 2.00 bits per heavy atom. The predicted octanol–water partition coefficient (Wildman–Crippen LogP) is 4.09. The van der Waals surface area contributed by atoms with Gasteiger partial charge in [-0.1, -0.05) is 31.2 Å². The fraction of sp³-hybridized carbons (Fsp3) is 0.176. The number of aromatic nitrogens is 2. The summed E-state index contributed by atoms with van der Waals surface area (Å²) >= 11 is 0. The first-order chi connectivity index (χ1) is 9.40. The molecule has 0 saturated carbocycles. The summed E-state index contributed by atoms with van der Waals surface area (Å²) in [5.41, 5.74) is 5.22. The van der Waals surface area contributed by atoms with Crippen LogP contribution in [0.15, 0.2) is 60.9 Å². The molecule has 2 aromatic heterocycles. The van der Waals surface area contributed by atoms with Gasteiger partial charge in [0, 0.05) is 23.8 Å². The van der Waals surface area contributed by atoms with E-state index < -0.39 is 0 Å². The van der Waals surface area contributed by atoms with Crippen LogP contribution in [0.4, 0.5) is 0 Å². The third-order valence-electron chi connectivity index (χ3n) is 3.61. The summed E-state index contributed by atoms with van der Waals surface area (Å²) in [4.78, 5) is 6.71. The van der Waals surface area contributed by atoms with Crippen molar-refractivity contribution in [1.82, 2.24) is 9.97 Å². The number of nitrogens with one attached hydrogen (secondary N) is 2. The summed E-state index contributed by atoms with van der Waals surface area (Å²) in [7, 11) is 0. The fourth-order valence-corrected chi connectivity index (χ4v) is 2.69. The van der Waals surface area contributed by atoms with Crippen molar-refractivity contribution >= 4 is 0 Å². The molecule has 0 spiro atoms. The topological polar surface area (TPSA) is 31.6 Å². The zero-order chi connectivity index (χ0) is 13.1. The molecular formula is C17H18N2. The molecule has 3 rings (SSSR count). The molecule has 1 aromatic carbocycles. The molecule has 0 aliphatic carbocycles. The molecule has 3 aromatic rings. The lowest BCUT2D eigenvalue weighted by molar-refractivity contribution is 0.876. The predicted molar refractivity (Wildman–Crippen MR) is 78.4 cm³/mol. The van der Waals surface area contributed by atoms with Crippen LogP contribution in [0.2, 0.25) is 0 Å². The van der Waals surface area contributed by atoms with Gasteiger partial charge in [-0.3, -0.25) is 0 Å². The Morgan fingerprint density at radius 2 is 1.47 bits per heavy atom. The molecule has 0 bridgehead atoms. The number of hydrogen-bond donors (Lipinski definition) is 2. The van der Waals surface area contributed by atoms with Crippen LogP contribution in [0.5, 0.6) is 0 Å². The van der Waals surface area contributed by atoms with Gasteiger partial charge >= 0.3 is 0 Å². The average molecular weight is 250 g/mol. The highest BCUT2D eigenvalue weighted by Crippen LogP contribution is 2.32. The Kier molecular flexibility index (Phi) is 3.23. The van der Waals surface area contributed by atoms with Gasteiger partial charge < -0.3 is 9.97 Å². The molecule has 0 aliphatic heterocycles. The maximum Gasteiger partial charge on any atom is 0.0644 e. The second-order valence-corrected chi connectivity index (χ2v) is 4.74. The van der Waals surface area contributed by atoms with Gasteiger partial charge in [0.05, 0.1) is 5.92 Å². The van der Waals surface area contributed by atoms with E-state index in [1.165, 1.54) is 22.5 Å². The van der Waals surface area contributed by atoms with Gasteiger partial charge in [0.25, 0.3) is 0 Å². The molecule has 2 heterocycles. The number of aryl methyl sites for hydroxylation is 1. The van der Waals surface area contributed by atoms with Gasteiger partial charge in [0.2, 0.25) is 0 Å². The third-order valence-corrected chi connectivity index (χ3v) is 3.61. The highest BCUT2D eigenvalue weighted by molar-refractivity contribution is 5.42. The molecule has 0 atom stereocenters. The van der Waals surface area contributed by atoms with Crippen molar-refractivity contribution in [1.29, 1.82) is 0 Å². The van der Waals surface area contributed by atoms with Crippen molar-refractivity contribution in [2.24, 2.45) is 0 Å². The van der Waals surface area contributed by atoms with Crippen LogP contribution in [0.3, 0.4) is 0 Å². The summed E-state index contributed by atoms with van der Waals surface area (Å²) < 4.78 is 0. The minimum Gasteiger partial charge on any atom is -0.364 e. The minimum atomic E-state index is 0.251. The van der Waals surface area contributed by atoms with E-state index in [1.54, 1.807) is 0 Å². The van der Waals surface area contributed by atoms with E-state index >= 15 is 0 Å². The largest absolute Gasteiger partial charge is 0.364 e. The molecule has 2 heteroatoms. The van der Waals surface area contributed by atoms with Crippen molar-refractivity contribution in [2.75, 3.05) is 0 Å². The van der Waals surface area contributed by atoms with Gasteiger partial charge in [0.1, 0.15) is 0 Å². The summed E-state index contributed by atoms with van der Waals surface area (Å²) in [6.45, 7) is 2.21. The molecular weight excluding hydrogens is 232 g/mol. The van der Waals surface area contributed by atoms with Crippen LogP contribution in [0.1, 0.15) is 35.4 Å². The second kappa shape index (κ2) is 5.19. The monoisotopic (exact) mass is 250 g/mol. The molecule has 0 aliphatic rings. The van der Waals surface area contributed by atoms with E-state index in [0.717, 1.165) is 6.42 Å². The van der Waals surface area contributed by atoms with Crippen molar-refractivity contribution < 1.29 is 0 Å². The lowest BCUT2D eigenvalue weighted by atomic mass is 9.88. The molecule has 2 N–H and O–H groups in total. The third kappa shape index (κ3) is 2.22. The molecule has 0 saturated heterocycles. The molecule has 0 unspecified atom stereocenters. The first-order valence-electron chi connectivity index (χ1n) is 6.74. The molecule has 0 fully saturated rings. The van der Waals surface area contributed by atoms with Gasteiger partial charge in [-0.15, -0.1) is 0 Å². The highest BCUT2D eigenvalue weighted by atomic mass is 14.7. The van der Waals surface area contributed by atoms with Gasteiger partial charge in [0.15, 0.2) is 0 Å². The first-order valence-corrected chi connectivity index (χ1v) is 6.74. The summed E-state index contributed by atoms with van der Waals surface area (Å²) in [6.07, 6.45) is 5.02. The Morgan fingerprint density at radius 1 is 0.842 bits per heavy atom. The van der Waals surface area contributed by atoms with E-state index in [-0.39, 0.29) is 5.92 Å². The normalized spacial score (nSPS) is 11.1. The average Bonchev–Trinajstić information content (AvgIpc) is 3.13. The first kappa shape index (κ1) is 11.8. The van der Waals surface area contributed by atoms with E-state index in [4.69, 9.17) is 0 Å². The van der Waals surface area contributed by atoms with Crippen LogP contribution in [0, 0.1) is 0 Å². The summed E-state index contributed by atoms with van der Waals surface area (Å²) in [5.74, 6) is 0.251. The van der Waals surface area contributed by atoms with Crippen molar-refractivity contribution in [3.8, 4) is 0 Å². The van der Waals surface area contributed by atoms with Gasteiger partial charge in [-0.25, -0.2) is 0 Å². The highest BCUT2D eigenvalue weighted by Gasteiger charge is 2.20. The lowest BCUT2D eigenvalue weighted by Gasteiger charge is -2.18. The summed E-state index contributed by atoms with van der Waals surface area (Å²) in [5, 5.41) is 0. The molecule has 0 radical (unpaired) electrons. The van der Waals surface area contributed by atoms with Crippen LogP contribution >= 0.6 is 0 Å². The van der Waals surface area contributed by atoms with Crippen LogP contribution in [-0.4, -0.2) is 9.97 Å². The standard InChI is InChI=1S/C17H18N2/c1-2-13-7-3-4-8-14(13)17(15-9-5-11-18-15)16-10-6-12-19-16/h3-12,17-19H,2H2,1H3. The number of aromatic amines is 2. The van der Waals surface area contributed by atoms with Gasteiger partial charge in [-0.2, -0.15) is 0 Å². The minimum absolute atomic E-state index is 0.251. The second-order valence-electron chi connectivity index (χ2n) is 4.74. The molecule has 19 heavy (non-hydrogen) atoms. The van der Waals surface area contributed by atoms with E-state index in [1.807, 2.05) is 12.4 Å². The van der Waals surface area contributed by atoms with E-state index in [2.05, 4.69) is 65.4 Å². The van der Waals surface area contributed by atoms with Crippen LogP contribution < -0.4 is 0 Å². The van der Waals surface area contributed by atoms with Crippen LogP contribution in [0.25, 0.3) is 0 Å². The number of hydrogen-bond acceptors (Lipinski definition) is 0. The maximum absolute atomic E-state index is 3.36. The molecule has 0 amide bonds. The number of rotatable bonds is 4. The van der Waals surface area contributed by atoms with Crippen molar-refractivity contribution in [2.45, 2.75) is 19.3 Å². The van der Waals surface area contributed by atoms with E-state index in [0.29, 0.717) is 0 Å². The smallest absolute Gasteiger partial charge is 0.0644 e. The zero-order valence-corrected chi connectivity index (χ0v) is 11.1. The lowest BCUT2D eigenvalue weighted by Crippen LogP contribution is -2.07. The Balaban J connectivity index is 2.15. The quantitative estimate of drug-likeness (QED) is 0.699. The summed E-state index contributed by atoms with van der Waals surface area (Å²) in [6, 6.07) is 17.1. The molecule has 2 nitrogen and oxygen atoms in total. The Hall–Kier alpha value is -2.22. The molecule has 96 valence electrons. The van der Waals surface area contributed by atoms with Crippen molar-refractivity contribution in [3.63, 3.8) is 0 Å². The van der Waals surface area contributed by atoms with Gasteiger partial charge in [-0.05, 0) is 41.8 Å². The number of benzene rings is 1. The maximum atomic E-state index is 3.36. The Labute approximate surface area is 113 Å². The van der Waals surface area contributed by atoms with Crippen LogP contribution in [-0.2, 0) is 6.42 Å². The SMILES string of the molecule is CCc1ccccc1C(c1ccc[nH]1)c1ccc[nH]1. The fourth-order valence-electron chi connectivity index (χ4n) is 2.69.